The van der Waals surface area contributed by atoms with Crippen molar-refractivity contribution in [2.45, 2.75) is 37.6 Å². The van der Waals surface area contributed by atoms with E-state index in [1.807, 2.05) is 30.3 Å². The number of benzene rings is 4. The van der Waals surface area contributed by atoms with E-state index < -0.39 is 35.7 Å². The average molecular weight is 612 g/mol. The third kappa shape index (κ3) is 7.12. The van der Waals surface area contributed by atoms with Crippen molar-refractivity contribution in [1.29, 1.82) is 0 Å². The van der Waals surface area contributed by atoms with Crippen LogP contribution >= 0.6 is 0 Å². The van der Waals surface area contributed by atoms with Crippen molar-refractivity contribution >= 4 is 11.8 Å². The van der Waals surface area contributed by atoms with E-state index in [0.29, 0.717) is 35.5 Å². The third-order valence-corrected chi connectivity index (χ3v) is 7.48. The van der Waals surface area contributed by atoms with Gasteiger partial charge in [0, 0.05) is 42.0 Å². The zero-order valence-electron chi connectivity index (χ0n) is 24.3. The first-order valence-corrected chi connectivity index (χ1v) is 14.4. The zero-order chi connectivity index (χ0) is 31.6. The summed E-state index contributed by atoms with van der Waals surface area (Å²) in [6.45, 7) is -0.0441. The molecule has 0 aliphatic carbocycles. The molecular weight excluding hydrogens is 580 g/mol. The highest BCUT2D eigenvalue weighted by atomic mass is 19.1. The molecule has 230 valence electrons. The molecule has 1 amide bonds. The Hall–Kier alpha value is -5.25. The summed E-state index contributed by atoms with van der Waals surface area (Å²) < 4.78 is 41.3. The Labute approximate surface area is 258 Å². The fourth-order valence-corrected chi connectivity index (χ4v) is 5.23. The maximum absolute atomic E-state index is 14.5. The molecule has 4 aromatic carbocycles. The van der Waals surface area contributed by atoms with Crippen LogP contribution in [0.3, 0.4) is 0 Å². The predicted molar refractivity (Wildman–Crippen MR) is 164 cm³/mol. The molecule has 0 unspecified atom stereocenters. The molecule has 0 saturated carbocycles. The standard InChI is InChI=1S/C34H31F2N5O4/c35-29-12-6-13-30(36)28(29)22-38-33(43)34(20-23-8-2-1-3-9-23)31(27-11-5-4-10-25(27)21-39-41-37)45-32(40-34)24-14-16-26(17-15-24)44-19-7-18-42/h1-6,8-17,31,42H,7,18-22H2,(H,38,43)/t31-,34-/m1/s1. The number of carbonyl (C=O) groups excluding carboxylic acids is 1. The van der Waals surface area contributed by atoms with Crippen LogP contribution in [-0.2, 0) is 29.0 Å². The molecule has 1 heterocycles. The number of amides is 1. The van der Waals surface area contributed by atoms with Crippen molar-refractivity contribution < 1.29 is 28.2 Å². The van der Waals surface area contributed by atoms with Crippen LogP contribution in [0.1, 0.15) is 40.3 Å². The summed E-state index contributed by atoms with van der Waals surface area (Å²) in [4.78, 5) is 22.2. The lowest BCUT2D eigenvalue weighted by atomic mass is 9.80. The molecule has 45 heavy (non-hydrogen) atoms. The van der Waals surface area contributed by atoms with Gasteiger partial charge in [0.2, 0.25) is 5.90 Å². The van der Waals surface area contributed by atoms with Crippen LogP contribution in [0.25, 0.3) is 10.4 Å². The van der Waals surface area contributed by atoms with Gasteiger partial charge in [0.1, 0.15) is 17.4 Å². The number of carbonyl (C=O) groups is 1. The van der Waals surface area contributed by atoms with Gasteiger partial charge in [-0.2, -0.15) is 0 Å². The summed E-state index contributed by atoms with van der Waals surface area (Å²) in [6.07, 6.45) is -0.419. The first-order valence-electron chi connectivity index (χ1n) is 14.4. The number of nitrogens with zero attached hydrogens (tertiary/aromatic N) is 4. The molecule has 0 radical (unpaired) electrons. The number of aliphatic imine (C=N–C) groups is 1. The SMILES string of the molecule is [N-]=[N+]=NCc1ccccc1[C@H]1OC(c2ccc(OCCCO)cc2)=N[C@@]1(Cc1ccccc1)C(=O)NCc1c(F)cccc1F. The van der Waals surface area contributed by atoms with E-state index >= 15 is 0 Å². The lowest BCUT2D eigenvalue weighted by molar-refractivity contribution is -0.129. The Morgan fingerprint density at radius 1 is 1.00 bits per heavy atom. The molecule has 4 aromatic rings. The Kier molecular flexibility index (Phi) is 10.0. The topological polar surface area (TPSA) is 129 Å². The second kappa shape index (κ2) is 14.5. The minimum absolute atomic E-state index is 0.00517. The maximum atomic E-state index is 14.5. The quantitative estimate of drug-likeness (QED) is 0.0790. The van der Waals surface area contributed by atoms with E-state index in [-0.39, 0.29) is 31.0 Å². The van der Waals surface area contributed by atoms with Gasteiger partial charge < -0.3 is 19.9 Å². The second-order valence-corrected chi connectivity index (χ2v) is 10.4. The largest absolute Gasteiger partial charge is 0.494 e. The lowest BCUT2D eigenvalue weighted by Gasteiger charge is -2.32. The van der Waals surface area contributed by atoms with Gasteiger partial charge in [0.05, 0.1) is 13.2 Å². The number of hydrogen-bond acceptors (Lipinski definition) is 6. The van der Waals surface area contributed by atoms with Crippen molar-refractivity contribution in [3.05, 3.63) is 147 Å². The van der Waals surface area contributed by atoms with Crippen LogP contribution in [0, 0.1) is 11.6 Å². The molecule has 5 rings (SSSR count). The van der Waals surface area contributed by atoms with Crippen LogP contribution in [0.4, 0.5) is 8.78 Å². The van der Waals surface area contributed by atoms with Crippen LogP contribution in [0.5, 0.6) is 5.75 Å². The first-order chi connectivity index (χ1) is 21.9. The third-order valence-electron chi connectivity index (χ3n) is 7.48. The van der Waals surface area contributed by atoms with Crippen LogP contribution in [0.15, 0.2) is 107 Å². The van der Waals surface area contributed by atoms with Crippen molar-refractivity contribution in [2.24, 2.45) is 10.1 Å². The minimum atomic E-state index is -1.62. The van der Waals surface area contributed by atoms with Crippen LogP contribution in [0.2, 0.25) is 0 Å². The highest BCUT2D eigenvalue weighted by molar-refractivity contribution is 6.01. The highest BCUT2D eigenvalue weighted by Crippen LogP contribution is 2.44. The molecule has 1 aliphatic rings. The molecule has 0 spiro atoms. The molecular formula is C34H31F2N5O4. The number of aliphatic hydroxyl groups excluding tert-OH is 1. The number of nitrogens with one attached hydrogen (secondary N) is 1. The smallest absolute Gasteiger partial charge is 0.252 e. The fraction of sp³-hybridized carbons (Fsp3) is 0.235. The van der Waals surface area contributed by atoms with Gasteiger partial charge >= 0.3 is 0 Å². The van der Waals surface area contributed by atoms with Gasteiger partial charge in [0.25, 0.3) is 5.91 Å². The molecule has 0 saturated heterocycles. The first kappa shape index (κ1) is 31.2. The van der Waals surface area contributed by atoms with Crippen molar-refractivity contribution in [2.75, 3.05) is 13.2 Å². The molecule has 1 aliphatic heterocycles. The molecule has 0 aromatic heterocycles. The number of hydrogen-bond donors (Lipinski definition) is 2. The van der Waals surface area contributed by atoms with E-state index in [1.165, 1.54) is 6.07 Å². The van der Waals surface area contributed by atoms with E-state index in [4.69, 9.17) is 25.1 Å². The number of halogens is 2. The summed E-state index contributed by atoms with van der Waals surface area (Å²) >= 11 is 0. The zero-order valence-corrected chi connectivity index (χ0v) is 24.3. The maximum Gasteiger partial charge on any atom is 0.252 e. The predicted octanol–water partition coefficient (Wildman–Crippen LogP) is 6.35. The molecule has 2 N–H and O–H groups in total. The van der Waals surface area contributed by atoms with Gasteiger partial charge in [0.15, 0.2) is 11.6 Å². The van der Waals surface area contributed by atoms with E-state index in [2.05, 4.69) is 15.3 Å². The van der Waals surface area contributed by atoms with Gasteiger partial charge in [-0.3, -0.25) is 4.79 Å². The number of aliphatic hydroxyl groups is 1. The Morgan fingerprint density at radius 3 is 2.42 bits per heavy atom. The Bertz CT molecular complexity index is 1690. The number of azide groups is 1. The van der Waals surface area contributed by atoms with E-state index in [0.717, 1.165) is 17.7 Å². The molecule has 11 heteroatoms. The highest BCUT2D eigenvalue weighted by Gasteiger charge is 2.53. The molecule has 9 nitrogen and oxygen atoms in total. The second-order valence-electron chi connectivity index (χ2n) is 10.4. The van der Waals surface area contributed by atoms with Crippen molar-refractivity contribution in [3.8, 4) is 5.75 Å². The fourth-order valence-electron chi connectivity index (χ4n) is 5.23. The summed E-state index contributed by atoms with van der Waals surface area (Å²) in [5, 5.41) is 15.5. The van der Waals surface area contributed by atoms with Crippen LogP contribution in [-0.4, -0.2) is 35.7 Å². The van der Waals surface area contributed by atoms with E-state index in [1.54, 1.807) is 48.5 Å². The monoisotopic (exact) mass is 611 g/mol. The van der Waals surface area contributed by atoms with Gasteiger partial charge in [-0.25, -0.2) is 13.8 Å². The van der Waals surface area contributed by atoms with Crippen LogP contribution < -0.4 is 10.1 Å². The molecule has 0 bridgehead atoms. The minimum Gasteiger partial charge on any atom is -0.494 e. The van der Waals surface area contributed by atoms with Gasteiger partial charge in [-0.05, 0) is 58.6 Å². The van der Waals surface area contributed by atoms with Crippen molar-refractivity contribution in [3.63, 3.8) is 0 Å². The summed E-state index contributed by atoms with van der Waals surface area (Å²) in [6, 6.07) is 26.9. The normalized spacial score (nSPS) is 17.1. The lowest BCUT2D eigenvalue weighted by Crippen LogP contribution is -2.50. The van der Waals surface area contributed by atoms with Gasteiger partial charge in [-0.1, -0.05) is 65.8 Å². The Balaban J connectivity index is 1.60. The average Bonchev–Trinajstić information content (AvgIpc) is 3.44. The van der Waals surface area contributed by atoms with Crippen molar-refractivity contribution in [1.82, 2.24) is 5.32 Å². The van der Waals surface area contributed by atoms with Gasteiger partial charge in [-0.15, -0.1) is 0 Å². The van der Waals surface area contributed by atoms with E-state index in [9.17, 15) is 13.6 Å². The Morgan fingerprint density at radius 2 is 1.71 bits per heavy atom. The number of ether oxygens (including phenoxy) is 2. The number of rotatable bonds is 13. The summed E-state index contributed by atoms with van der Waals surface area (Å²) in [5.41, 5.74) is 9.70. The molecule has 0 fully saturated rings. The summed E-state index contributed by atoms with van der Waals surface area (Å²) in [5.74, 6) is -1.39. The molecule has 2 atom stereocenters. The summed E-state index contributed by atoms with van der Waals surface area (Å²) in [7, 11) is 0.